The standard InChI is InChI=1S/C19H23N3O4/c1-2-17(24)21-10-7-13(8-11-21)20-16(23)9-12-22-18(25)14-5-3-4-6-15(14)19(22)26/h3-6,13H,2,7-12H2,1H3,(H,20,23). The van der Waals surface area contributed by atoms with Crippen LogP contribution in [0.4, 0.5) is 0 Å². The zero-order valence-corrected chi connectivity index (χ0v) is 14.9. The van der Waals surface area contributed by atoms with Gasteiger partial charge in [0.2, 0.25) is 11.8 Å². The van der Waals surface area contributed by atoms with Crippen LogP contribution in [-0.4, -0.2) is 59.1 Å². The molecule has 1 fully saturated rings. The minimum Gasteiger partial charge on any atom is -0.353 e. The number of carbonyl (C=O) groups excluding carboxylic acids is 4. The van der Waals surface area contributed by atoms with Crippen molar-refractivity contribution in [2.45, 2.75) is 38.6 Å². The number of carbonyl (C=O) groups is 4. The summed E-state index contributed by atoms with van der Waals surface area (Å²) in [5.41, 5.74) is 0.789. The first-order valence-corrected chi connectivity index (χ1v) is 9.03. The number of hydrogen-bond donors (Lipinski definition) is 1. The normalized spacial score (nSPS) is 17.4. The smallest absolute Gasteiger partial charge is 0.261 e. The first kappa shape index (κ1) is 18.1. The fraction of sp³-hybridized carbons (Fsp3) is 0.474. The number of imide groups is 1. The summed E-state index contributed by atoms with van der Waals surface area (Å²) in [6, 6.07) is 6.72. The number of amides is 4. The lowest BCUT2D eigenvalue weighted by atomic mass is 10.0. The molecule has 0 saturated carbocycles. The number of rotatable bonds is 5. The Kier molecular flexibility index (Phi) is 5.35. The molecule has 2 heterocycles. The van der Waals surface area contributed by atoms with E-state index in [1.165, 1.54) is 0 Å². The molecule has 1 aromatic rings. The van der Waals surface area contributed by atoms with E-state index >= 15 is 0 Å². The van der Waals surface area contributed by atoms with Gasteiger partial charge in [0.15, 0.2) is 0 Å². The maximum absolute atomic E-state index is 12.3. The average molecular weight is 357 g/mol. The highest BCUT2D eigenvalue weighted by Gasteiger charge is 2.35. The summed E-state index contributed by atoms with van der Waals surface area (Å²) in [7, 11) is 0. The van der Waals surface area contributed by atoms with E-state index in [2.05, 4.69) is 5.32 Å². The van der Waals surface area contributed by atoms with Crippen LogP contribution >= 0.6 is 0 Å². The van der Waals surface area contributed by atoms with Gasteiger partial charge in [-0.2, -0.15) is 0 Å². The van der Waals surface area contributed by atoms with E-state index in [9.17, 15) is 19.2 Å². The molecule has 7 heteroatoms. The van der Waals surface area contributed by atoms with Crippen LogP contribution in [0.25, 0.3) is 0 Å². The lowest BCUT2D eigenvalue weighted by molar-refractivity contribution is -0.132. The number of benzene rings is 1. The highest BCUT2D eigenvalue weighted by molar-refractivity contribution is 6.21. The molecule has 1 aromatic carbocycles. The molecule has 0 atom stereocenters. The van der Waals surface area contributed by atoms with Crippen molar-refractivity contribution in [2.75, 3.05) is 19.6 Å². The largest absolute Gasteiger partial charge is 0.353 e. The molecule has 1 saturated heterocycles. The van der Waals surface area contributed by atoms with E-state index in [-0.39, 0.29) is 42.6 Å². The van der Waals surface area contributed by atoms with Gasteiger partial charge in [-0.1, -0.05) is 19.1 Å². The van der Waals surface area contributed by atoms with E-state index in [1.807, 2.05) is 11.8 Å². The van der Waals surface area contributed by atoms with Gasteiger partial charge in [-0.3, -0.25) is 24.1 Å². The third-order valence-corrected chi connectivity index (χ3v) is 4.96. The van der Waals surface area contributed by atoms with Crippen LogP contribution in [0.1, 0.15) is 53.3 Å². The topological polar surface area (TPSA) is 86.8 Å². The Bertz CT molecular complexity index is 703. The maximum atomic E-state index is 12.3. The maximum Gasteiger partial charge on any atom is 0.261 e. The van der Waals surface area contributed by atoms with E-state index in [0.717, 1.165) is 17.7 Å². The Hall–Kier alpha value is -2.70. The van der Waals surface area contributed by atoms with Crippen LogP contribution in [0, 0.1) is 0 Å². The lowest BCUT2D eigenvalue weighted by Crippen LogP contribution is -2.47. The summed E-state index contributed by atoms with van der Waals surface area (Å²) in [4.78, 5) is 51.4. The number of hydrogen-bond acceptors (Lipinski definition) is 4. The highest BCUT2D eigenvalue weighted by atomic mass is 16.2. The Morgan fingerprint density at radius 2 is 1.65 bits per heavy atom. The van der Waals surface area contributed by atoms with Gasteiger partial charge in [0.1, 0.15) is 0 Å². The van der Waals surface area contributed by atoms with Crippen LogP contribution in [0.3, 0.4) is 0 Å². The zero-order valence-electron chi connectivity index (χ0n) is 14.9. The van der Waals surface area contributed by atoms with Crippen LogP contribution < -0.4 is 5.32 Å². The van der Waals surface area contributed by atoms with Gasteiger partial charge in [0.05, 0.1) is 11.1 Å². The van der Waals surface area contributed by atoms with Crippen molar-refractivity contribution in [1.82, 2.24) is 15.1 Å². The quantitative estimate of drug-likeness (QED) is 0.802. The predicted octanol–water partition coefficient (Wildman–Crippen LogP) is 1.19. The molecule has 0 aromatic heterocycles. The van der Waals surface area contributed by atoms with Gasteiger partial charge in [0.25, 0.3) is 11.8 Å². The van der Waals surface area contributed by atoms with Gasteiger partial charge in [0, 0.05) is 38.5 Å². The second-order valence-corrected chi connectivity index (χ2v) is 6.63. The van der Waals surface area contributed by atoms with E-state index in [0.29, 0.717) is 30.6 Å². The number of nitrogens with zero attached hydrogens (tertiary/aromatic N) is 2. The van der Waals surface area contributed by atoms with Crippen molar-refractivity contribution in [2.24, 2.45) is 0 Å². The molecule has 4 amide bonds. The van der Waals surface area contributed by atoms with Gasteiger partial charge < -0.3 is 10.2 Å². The summed E-state index contributed by atoms with van der Waals surface area (Å²) >= 11 is 0. The average Bonchev–Trinajstić information content (AvgIpc) is 2.91. The molecule has 2 aliphatic rings. The number of nitrogens with one attached hydrogen (secondary N) is 1. The molecule has 0 unspecified atom stereocenters. The van der Waals surface area contributed by atoms with E-state index in [1.54, 1.807) is 24.3 Å². The molecule has 2 aliphatic heterocycles. The SMILES string of the molecule is CCC(=O)N1CCC(NC(=O)CCN2C(=O)c3ccccc3C2=O)CC1. The molecule has 7 nitrogen and oxygen atoms in total. The molecular weight excluding hydrogens is 334 g/mol. The number of fused-ring (bicyclic) bond motifs is 1. The molecule has 0 radical (unpaired) electrons. The molecule has 1 N–H and O–H groups in total. The van der Waals surface area contributed by atoms with Gasteiger partial charge >= 0.3 is 0 Å². The minimum absolute atomic E-state index is 0.0329. The summed E-state index contributed by atoms with van der Waals surface area (Å²) < 4.78 is 0. The molecule has 0 spiro atoms. The Labute approximate surface area is 152 Å². The van der Waals surface area contributed by atoms with E-state index < -0.39 is 0 Å². The summed E-state index contributed by atoms with van der Waals surface area (Å²) in [6.45, 7) is 3.22. The first-order chi connectivity index (χ1) is 12.5. The van der Waals surface area contributed by atoms with Gasteiger partial charge in [-0.15, -0.1) is 0 Å². The van der Waals surface area contributed by atoms with Crippen LogP contribution in [0.5, 0.6) is 0 Å². The van der Waals surface area contributed by atoms with Gasteiger partial charge in [-0.25, -0.2) is 0 Å². The molecule has 26 heavy (non-hydrogen) atoms. The van der Waals surface area contributed by atoms with Crippen molar-refractivity contribution in [1.29, 1.82) is 0 Å². The molecule has 0 bridgehead atoms. The minimum atomic E-state index is -0.343. The Morgan fingerprint density at radius 1 is 1.08 bits per heavy atom. The van der Waals surface area contributed by atoms with Crippen LogP contribution in [0.2, 0.25) is 0 Å². The van der Waals surface area contributed by atoms with E-state index in [4.69, 9.17) is 0 Å². The summed E-state index contributed by atoms with van der Waals surface area (Å²) in [5.74, 6) is -0.725. The van der Waals surface area contributed by atoms with Crippen molar-refractivity contribution >= 4 is 23.6 Å². The highest BCUT2D eigenvalue weighted by Crippen LogP contribution is 2.22. The summed E-state index contributed by atoms with van der Waals surface area (Å²) in [5, 5.41) is 2.94. The molecule has 3 rings (SSSR count). The van der Waals surface area contributed by atoms with Crippen molar-refractivity contribution < 1.29 is 19.2 Å². The van der Waals surface area contributed by atoms with Crippen molar-refractivity contribution in [3.63, 3.8) is 0 Å². The fourth-order valence-corrected chi connectivity index (χ4v) is 3.45. The third-order valence-electron chi connectivity index (χ3n) is 4.96. The number of piperidine rings is 1. The molecular formula is C19H23N3O4. The van der Waals surface area contributed by atoms with Crippen LogP contribution in [-0.2, 0) is 9.59 Å². The summed E-state index contributed by atoms with van der Waals surface area (Å²) in [6.07, 6.45) is 2.03. The van der Waals surface area contributed by atoms with Crippen molar-refractivity contribution in [3.8, 4) is 0 Å². The monoisotopic (exact) mass is 357 g/mol. The Morgan fingerprint density at radius 3 is 2.19 bits per heavy atom. The fourth-order valence-electron chi connectivity index (χ4n) is 3.45. The second-order valence-electron chi connectivity index (χ2n) is 6.63. The third kappa shape index (κ3) is 3.61. The van der Waals surface area contributed by atoms with Gasteiger partial charge in [-0.05, 0) is 25.0 Å². The Balaban J connectivity index is 1.46. The zero-order chi connectivity index (χ0) is 18.7. The number of likely N-dealkylation sites (tertiary alicyclic amines) is 1. The predicted molar refractivity (Wildman–Crippen MR) is 94.5 cm³/mol. The second kappa shape index (κ2) is 7.68. The molecule has 138 valence electrons. The lowest BCUT2D eigenvalue weighted by Gasteiger charge is -2.32. The van der Waals surface area contributed by atoms with Crippen molar-refractivity contribution in [3.05, 3.63) is 35.4 Å². The van der Waals surface area contributed by atoms with Crippen LogP contribution in [0.15, 0.2) is 24.3 Å². The first-order valence-electron chi connectivity index (χ1n) is 9.03. The molecule has 0 aliphatic carbocycles.